The Morgan fingerprint density at radius 3 is 2.65 bits per heavy atom. The van der Waals surface area contributed by atoms with Gasteiger partial charge in [-0.05, 0) is 19.8 Å². The zero-order chi connectivity index (χ0) is 12.8. The van der Waals surface area contributed by atoms with Gasteiger partial charge in [-0.15, -0.1) is 0 Å². The van der Waals surface area contributed by atoms with Crippen LogP contribution in [-0.2, 0) is 9.53 Å². The third-order valence-electron chi connectivity index (χ3n) is 2.62. The van der Waals surface area contributed by atoms with E-state index in [9.17, 15) is 20.1 Å². The molecule has 17 heavy (non-hydrogen) atoms. The summed E-state index contributed by atoms with van der Waals surface area (Å²) in [5, 5.41) is 28.7. The maximum Gasteiger partial charge on any atom is 0.309 e. The molecule has 5 heteroatoms. The Balaban J connectivity index is 2.64. The molecule has 5 nitrogen and oxygen atoms in total. The van der Waals surface area contributed by atoms with Crippen molar-refractivity contribution >= 4 is 5.97 Å². The molecule has 0 aromatic heterocycles. The van der Waals surface area contributed by atoms with Gasteiger partial charge in [-0.1, -0.05) is 12.2 Å². The predicted molar refractivity (Wildman–Crippen MR) is 61.2 cm³/mol. The molecule has 0 aromatic rings. The van der Waals surface area contributed by atoms with E-state index < -0.39 is 30.4 Å². The van der Waals surface area contributed by atoms with Crippen LogP contribution in [0.3, 0.4) is 0 Å². The molecule has 1 heterocycles. The maximum absolute atomic E-state index is 11.3. The van der Waals surface area contributed by atoms with Crippen molar-refractivity contribution in [1.82, 2.24) is 0 Å². The van der Waals surface area contributed by atoms with Gasteiger partial charge in [-0.2, -0.15) is 0 Å². The summed E-state index contributed by atoms with van der Waals surface area (Å²) in [7, 11) is 0. The van der Waals surface area contributed by atoms with Gasteiger partial charge in [0.25, 0.3) is 0 Å². The molecule has 0 saturated carbocycles. The number of ether oxygens (including phenoxy) is 1. The second-order valence-electron chi connectivity index (χ2n) is 4.51. The standard InChI is InChI=1S/C12H20O5/c1-8-5-11(15)6-9(13)3-2-4-10(14)7-12(16)17-8/h2,4,8-11,13-15H,3,5-7H2,1H3/b4-2+/t8-,9+,10-,11-/m1/s1. The van der Waals surface area contributed by atoms with Crippen LogP contribution in [0.15, 0.2) is 12.2 Å². The molecule has 0 spiro atoms. The van der Waals surface area contributed by atoms with Crippen LogP contribution in [0.5, 0.6) is 0 Å². The van der Waals surface area contributed by atoms with E-state index >= 15 is 0 Å². The van der Waals surface area contributed by atoms with Crippen molar-refractivity contribution in [2.24, 2.45) is 0 Å². The van der Waals surface area contributed by atoms with Crippen molar-refractivity contribution in [3.05, 3.63) is 12.2 Å². The summed E-state index contributed by atoms with van der Waals surface area (Å²) in [6.45, 7) is 1.68. The molecule has 98 valence electrons. The highest BCUT2D eigenvalue weighted by Gasteiger charge is 2.19. The molecule has 0 unspecified atom stereocenters. The lowest BCUT2D eigenvalue weighted by molar-refractivity contribution is -0.151. The summed E-state index contributed by atoms with van der Waals surface area (Å²) in [4.78, 5) is 11.3. The highest BCUT2D eigenvalue weighted by molar-refractivity contribution is 5.70. The van der Waals surface area contributed by atoms with E-state index in [0.717, 1.165) is 0 Å². The van der Waals surface area contributed by atoms with Gasteiger partial charge in [-0.25, -0.2) is 0 Å². The Morgan fingerprint density at radius 1 is 1.24 bits per heavy atom. The minimum Gasteiger partial charge on any atom is -0.462 e. The molecule has 0 aromatic carbocycles. The monoisotopic (exact) mass is 244 g/mol. The summed E-state index contributed by atoms with van der Waals surface area (Å²) >= 11 is 0. The zero-order valence-corrected chi connectivity index (χ0v) is 9.95. The van der Waals surface area contributed by atoms with Crippen molar-refractivity contribution in [3.8, 4) is 0 Å². The summed E-state index contributed by atoms with van der Waals surface area (Å²) in [6, 6.07) is 0. The van der Waals surface area contributed by atoms with Crippen molar-refractivity contribution in [2.75, 3.05) is 0 Å². The molecule has 0 aliphatic carbocycles. The van der Waals surface area contributed by atoms with E-state index in [2.05, 4.69) is 0 Å². The summed E-state index contributed by atoms with van der Waals surface area (Å²) in [5.41, 5.74) is 0. The smallest absolute Gasteiger partial charge is 0.309 e. The van der Waals surface area contributed by atoms with Gasteiger partial charge in [0.2, 0.25) is 0 Å². The molecule has 0 bridgehead atoms. The lowest BCUT2D eigenvalue weighted by Crippen LogP contribution is -2.26. The summed E-state index contributed by atoms with van der Waals surface area (Å²) in [5.74, 6) is -0.483. The topological polar surface area (TPSA) is 87.0 Å². The first-order valence-corrected chi connectivity index (χ1v) is 5.87. The predicted octanol–water partition coefficient (Wildman–Crippen LogP) is 0.131. The van der Waals surface area contributed by atoms with E-state index in [1.54, 1.807) is 13.0 Å². The first-order valence-electron chi connectivity index (χ1n) is 5.87. The van der Waals surface area contributed by atoms with Crippen molar-refractivity contribution in [3.63, 3.8) is 0 Å². The normalized spacial score (nSPS) is 38.7. The fraction of sp³-hybridized carbons (Fsp3) is 0.750. The van der Waals surface area contributed by atoms with Gasteiger partial charge < -0.3 is 20.1 Å². The van der Waals surface area contributed by atoms with Gasteiger partial charge in [0.15, 0.2) is 0 Å². The molecule has 3 N–H and O–H groups in total. The third kappa shape index (κ3) is 5.81. The number of cyclic esters (lactones) is 1. The summed E-state index contributed by atoms with van der Waals surface area (Å²) < 4.78 is 5.02. The maximum atomic E-state index is 11.3. The van der Waals surface area contributed by atoms with E-state index in [0.29, 0.717) is 12.8 Å². The molecule has 1 rings (SSSR count). The Hall–Kier alpha value is -0.910. The van der Waals surface area contributed by atoms with Crippen molar-refractivity contribution in [2.45, 2.75) is 57.0 Å². The van der Waals surface area contributed by atoms with Gasteiger partial charge in [0.05, 0.1) is 24.7 Å². The second kappa shape index (κ2) is 6.74. The van der Waals surface area contributed by atoms with E-state index in [1.165, 1.54) is 6.08 Å². The highest BCUT2D eigenvalue weighted by atomic mass is 16.5. The fourth-order valence-electron chi connectivity index (χ4n) is 1.84. The van der Waals surface area contributed by atoms with Crippen LogP contribution in [0.4, 0.5) is 0 Å². The number of carbonyl (C=O) groups excluding carboxylic acids is 1. The molecular weight excluding hydrogens is 224 g/mol. The molecule has 1 aliphatic heterocycles. The lowest BCUT2D eigenvalue weighted by atomic mass is 10.0. The van der Waals surface area contributed by atoms with Crippen LogP contribution in [0.25, 0.3) is 0 Å². The number of aliphatic hydroxyl groups excluding tert-OH is 3. The van der Waals surface area contributed by atoms with Crippen molar-refractivity contribution in [1.29, 1.82) is 0 Å². The SMILES string of the molecule is C[C@@H]1C[C@@H](O)C[C@@H](O)C/C=C/[C@@H](O)CC(=O)O1. The van der Waals surface area contributed by atoms with Crippen LogP contribution < -0.4 is 0 Å². The average molecular weight is 244 g/mol. The molecule has 0 fully saturated rings. The number of rotatable bonds is 0. The van der Waals surface area contributed by atoms with E-state index in [-0.39, 0.29) is 12.8 Å². The van der Waals surface area contributed by atoms with E-state index in [1.807, 2.05) is 0 Å². The Labute approximate surface area is 101 Å². The number of carbonyl (C=O) groups is 1. The highest BCUT2D eigenvalue weighted by Crippen LogP contribution is 2.13. The van der Waals surface area contributed by atoms with Crippen LogP contribution in [0.2, 0.25) is 0 Å². The Bertz CT molecular complexity index is 276. The Morgan fingerprint density at radius 2 is 1.94 bits per heavy atom. The second-order valence-corrected chi connectivity index (χ2v) is 4.51. The van der Waals surface area contributed by atoms with Crippen molar-refractivity contribution < 1.29 is 24.9 Å². The van der Waals surface area contributed by atoms with Gasteiger partial charge >= 0.3 is 5.97 Å². The molecule has 0 amide bonds. The molecular formula is C12H20O5. The van der Waals surface area contributed by atoms with Gasteiger partial charge in [-0.3, -0.25) is 4.79 Å². The van der Waals surface area contributed by atoms with Crippen LogP contribution in [-0.4, -0.2) is 45.7 Å². The minimum atomic E-state index is -0.883. The largest absolute Gasteiger partial charge is 0.462 e. The molecule has 0 saturated heterocycles. The number of hydrogen-bond donors (Lipinski definition) is 3. The van der Waals surface area contributed by atoms with E-state index in [4.69, 9.17) is 4.74 Å². The first kappa shape index (κ1) is 14.2. The zero-order valence-electron chi connectivity index (χ0n) is 9.95. The first-order chi connectivity index (χ1) is 7.97. The van der Waals surface area contributed by atoms with Crippen LogP contribution in [0.1, 0.15) is 32.6 Å². The minimum absolute atomic E-state index is 0.104. The number of hydrogen-bond acceptors (Lipinski definition) is 5. The molecule has 1 aliphatic rings. The molecule has 4 atom stereocenters. The summed E-state index contributed by atoms with van der Waals surface area (Å²) in [6.07, 6.45) is 1.23. The van der Waals surface area contributed by atoms with Gasteiger partial charge in [0.1, 0.15) is 6.10 Å². The third-order valence-corrected chi connectivity index (χ3v) is 2.62. The van der Waals surface area contributed by atoms with Crippen LogP contribution >= 0.6 is 0 Å². The number of aliphatic hydroxyl groups is 3. The van der Waals surface area contributed by atoms with Crippen LogP contribution in [0, 0.1) is 0 Å². The van der Waals surface area contributed by atoms with Gasteiger partial charge in [0, 0.05) is 6.42 Å². The molecule has 0 radical (unpaired) electrons. The fourth-order valence-corrected chi connectivity index (χ4v) is 1.84. The number of esters is 1. The average Bonchev–Trinajstić information content (AvgIpc) is 2.14. The quantitative estimate of drug-likeness (QED) is 0.416. The lowest BCUT2D eigenvalue weighted by Gasteiger charge is -2.20. The Kier molecular flexibility index (Phi) is 5.61.